The molecule has 3 nitrogen and oxygen atoms in total. The summed E-state index contributed by atoms with van der Waals surface area (Å²) in [5, 5.41) is 2.84. The molecule has 1 rings (SSSR count). The van der Waals surface area contributed by atoms with E-state index in [0.29, 0.717) is 19.1 Å². The van der Waals surface area contributed by atoms with Gasteiger partial charge in [-0.3, -0.25) is 4.79 Å². The summed E-state index contributed by atoms with van der Waals surface area (Å²) in [6, 6.07) is 7.78. The first-order valence-electron chi connectivity index (χ1n) is 6.87. The molecule has 0 unspecified atom stereocenters. The van der Waals surface area contributed by atoms with Gasteiger partial charge >= 0.3 is 0 Å². The minimum atomic E-state index is -0.0791. The Kier molecular flexibility index (Phi) is 8.23. The Morgan fingerprint density at radius 2 is 2.15 bits per heavy atom. The number of rotatable bonds is 8. The maximum absolute atomic E-state index is 11.6. The maximum Gasteiger partial charge on any atom is 0.244 e. The van der Waals surface area contributed by atoms with Gasteiger partial charge in [0.25, 0.3) is 0 Å². The van der Waals surface area contributed by atoms with Crippen LogP contribution in [0.15, 0.2) is 34.8 Å². The second kappa shape index (κ2) is 9.72. The Morgan fingerprint density at radius 1 is 1.40 bits per heavy atom. The van der Waals surface area contributed by atoms with Crippen molar-refractivity contribution >= 4 is 27.9 Å². The molecule has 0 atom stereocenters. The van der Waals surface area contributed by atoms with Gasteiger partial charge in [0.1, 0.15) is 0 Å². The zero-order valence-corrected chi connectivity index (χ0v) is 13.7. The quantitative estimate of drug-likeness (QED) is 0.580. The molecule has 0 spiro atoms. The van der Waals surface area contributed by atoms with Gasteiger partial charge in [-0.2, -0.15) is 0 Å². The van der Waals surface area contributed by atoms with Crippen LogP contribution in [0.25, 0.3) is 6.08 Å². The average molecular weight is 340 g/mol. The van der Waals surface area contributed by atoms with Gasteiger partial charge in [-0.25, -0.2) is 0 Å². The summed E-state index contributed by atoms with van der Waals surface area (Å²) < 4.78 is 6.42. The van der Waals surface area contributed by atoms with Crippen LogP contribution in [0.4, 0.5) is 0 Å². The van der Waals surface area contributed by atoms with Crippen molar-refractivity contribution in [2.24, 2.45) is 5.92 Å². The molecule has 1 amide bonds. The van der Waals surface area contributed by atoms with Gasteiger partial charge in [0.15, 0.2) is 0 Å². The molecule has 0 aromatic heterocycles. The molecule has 1 N–H and O–H groups in total. The summed E-state index contributed by atoms with van der Waals surface area (Å²) >= 11 is 3.44. The monoisotopic (exact) mass is 339 g/mol. The molecule has 4 heteroatoms. The summed E-state index contributed by atoms with van der Waals surface area (Å²) in [6.45, 7) is 6.34. The third-order valence-electron chi connectivity index (χ3n) is 2.54. The van der Waals surface area contributed by atoms with E-state index in [1.807, 2.05) is 24.3 Å². The lowest BCUT2D eigenvalue weighted by molar-refractivity contribution is -0.116. The van der Waals surface area contributed by atoms with Crippen molar-refractivity contribution in [2.45, 2.75) is 20.3 Å². The molecule has 110 valence electrons. The minimum absolute atomic E-state index is 0.0791. The highest BCUT2D eigenvalue weighted by Crippen LogP contribution is 2.16. The second-order valence-electron chi connectivity index (χ2n) is 4.97. The van der Waals surface area contributed by atoms with Crippen LogP contribution in [0.2, 0.25) is 0 Å². The van der Waals surface area contributed by atoms with E-state index in [1.54, 1.807) is 12.2 Å². The number of nitrogens with one attached hydrogen (secondary N) is 1. The lowest BCUT2D eigenvalue weighted by Crippen LogP contribution is -2.23. The molecule has 0 radical (unpaired) electrons. The Morgan fingerprint density at radius 3 is 2.85 bits per heavy atom. The molecule has 1 aromatic rings. The number of benzene rings is 1. The van der Waals surface area contributed by atoms with E-state index >= 15 is 0 Å². The average Bonchev–Trinajstić information content (AvgIpc) is 2.41. The van der Waals surface area contributed by atoms with Crippen molar-refractivity contribution in [1.29, 1.82) is 0 Å². The van der Waals surface area contributed by atoms with Crippen LogP contribution in [0, 0.1) is 5.92 Å². The molecule has 0 bridgehead atoms. The molecule has 0 heterocycles. The van der Waals surface area contributed by atoms with Crippen LogP contribution in [0.5, 0.6) is 0 Å². The number of carbonyl (C=O) groups excluding carboxylic acids is 1. The Hall–Kier alpha value is -1.13. The van der Waals surface area contributed by atoms with Crippen molar-refractivity contribution in [3.8, 4) is 0 Å². The number of carbonyl (C=O) groups is 1. The van der Waals surface area contributed by atoms with Crippen LogP contribution >= 0.6 is 15.9 Å². The first kappa shape index (κ1) is 16.9. The first-order chi connectivity index (χ1) is 9.59. The van der Waals surface area contributed by atoms with E-state index < -0.39 is 0 Å². The highest BCUT2D eigenvalue weighted by molar-refractivity contribution is 9.10. The lowest BCUT2D eigenvalue weighted by Gasteiger charge is -2.06. The van der Waals surface area contributed by atoms with Gasteiger partial charge in [0, 0.05) is 30.3 Å². The maximum atomic E-state index is 11.6. The predicted molar refractivity (Wildman–Crippen MR) is 86.5 cm³/mol. The minimum Gasteiger partial charge on any atom is -0.381 e. The topological polar surface area (TPSA) is 38.3 Å². The van der Waals surface area contributed by atoms with Gasteiger partial charge in [0.2, 0.25) is 5.91 Å². The summed E-state index contributed by atoms with van der Waals surface area (Å²) in [6.07, 6.45) is 4.19. The van der Waals surface area contributed by atoms with Crippen molar-refractivity contribution in [2.75, 3.05) is 19.8 Å². The van der Waals surface area contributed by atoms with Crippen LogP contribution in [-0.4, -0.2) is 25.7 Å². The van der Waals surface area contributed by atoms with Gasteiger partial charge in [0.05, 0.1) is 0 Å². The van der Waals surface area contributed by atoms with E-state index in [9.17, 15) is 4.79 Å². The van der Waals surface area contributed by atoms with Crippen molar-refractivity contribution in [3.05, 3.63) is 40.4 Å². The van der Waals surface area contributed by atoms with Crippen LogP contribution in [0.1, 0.15) is 25.8 Å². The second-order valence-corrected chi connectivity index (χ2v) is 5.82. The van der Waals surface area contributed by atoms with E-state index in [2.05, 4.69) is 35.1 Å². The molecular weight excluding hydrogens is 318 g/mol. The lowest BCUT2D eigenvalue weighted by atomic mass is 10.2. The van der Waals surface area contributed by atoms with Gasteiger partial charge in [-0.1, -0.05) is 48.0 Å². The summed E-state index contributed by atoms with van der Waals surface area (Å²) in [5.41, 5.74) is 0.989. The fourth-order valence-electron chi connectivity index (χ4n) is 1.54. The van der Waals surface area contributed by atoms with Gasteiger partial charge in [-0.05, 0) is 30.0 Å². The normalized spacial score (nSPS) is 11.2. The van der Waals surface area contributed by atoms with E-state index in [4.69, 9.17) is 4.74 Å². The van der Waals surface area contributed by atoms with Crippen molar-refractivity contribution in [3.63, 3.8) is 0 Å². The van der Waals surface area contributed by atoms with Gasteiger partial charge in [-0.15, -0.1) is 0 Å². The third kappa shape index (κ3) is 7.46. The van der Waals surface area contributed by atoms with Gasteiger partial charge < -0.3 is 10.1 Å². The number of ether oxygens (including phenoxy) is 1. The zero-order chi connectivity index (χ0) is 14.8. The molecule has 20 heavy (non-hydrogen) atoms. The highest BCUT2D eigenvalue weighted by atomic mass is 79.9. The number of hydrogen-bond donors (Lipinski definition) is 1. The van der Waals surface area contributed by atoms with Crippen LogP contribution in [-0.2, 0) is 9.53 Å². The molecular formula is C16H22BrNO2. The standard InChI is InChI=1S/C16H22BrNO2/c1-13(2)12-20-11-5-10-18-16(19)9-8-14-6-3-4-7-15(14)17/h3-4,6-9,13H,5,10-12H2,1-2H3,(H,18,19)/b9-8+. The molecule has 0 fully saturated rings. The SMILES string of the molecule is CC(C)COCCCNC(=O)/C=C/c1ccccc1Br. The van der Waals surface area contributed by atoms with Crippen LogP contribution in [0.3, 0.4) is 0 Å². The van der Waals surface area contributed by atoms with E-state index in [-0.39, 0.29) is 5.91 Å². The Labute approximate surface area is 129 Å². The number of halogens is 1. The molecule has 0 saturated carbocycles. The predicted octanol–water partition coefficient (Wildman–Crippen LogP) is 3.64. The fourth-order valence-corrected chi connectivity index (χ4v) is 1.96. The number of hydrogen-bond acceptors (Lipinski definition) is 2. The first-order valence-corrected chi connectivity index (χ1v) is 7.67. The molecule has 0 aliphatic rings. The third-order valence-corrected chi connectivity index (χ3v) is 3.26. The fraction of sp³-hybridized carbons (Fsp3) is 0.438. The Balaban J connectivity index is 2.19. The summed E-state index contributed by atoms with van der Waals surface area (Å²) in [4.78, 5) is 11.6. The smallest absolute Gasteiger partial charge is 0.244 e. The highest BCUT2D eigenvalue weighted by Gasteiger charge is 1.98. The van der Waals surface area contributed by atoms with Crippen molar-refractivity contribution in [1.82, 2.24) is 5.32 Å². The molecule has 0 aliphatic heterocycles. The Bertz CT molecular complexity index is 444. The summed E-state index contributed by atoms with van der Waals surface area (Å²) in [7, 11) is 0. The van der Waals surface area contributed by atoms with E-state index in [1.165, 1.54) is 0 Å². The number of amides is 1. The van der Waals surface area contributed by atoms with Crippen LogP contribution < -0.4 is 5.32 Å². The molecule has 0 saturated heterocycles. The summed E-state index contributed by atoms with van der Waals surface area (Å²) in [5.74, 6) is 0.474. The van der Waals surface area contributed by atoms with E-state index in [0.717, 1.165) is 23.1 Å². The molecule has 0 aliphatic carbocycles. The van der Waals surface area contributed by atoms with Crippen molar-refractivity contribution < 1.29 is 9.53 Å². The largest absolute Gasteiger partial charge is 0.381 e. The zero-order valence-electron chi connectivity index (χ0n) is 12.1. The molecule has 1 aromatic carbocycles.